The van der Waals surface area contributed by atoms with E-state index < -0.39 is 0 Å². The number of aromatic nitrogens is 1. The first kappa shape index (κ1) is 8.39. The fraction of sp³-hybridized carbons (Fsp3) is 0.125. The predicted molar refractivity (Wildman–Crippen MR) is 41.6 cm³/mol. The van der Waals surface area contributed by atoms with Crippen LogP contribution in [0.5, 0.6) is 5.88 Å². The van der Waals surface area contributed by atoms with Crippen LogP contribution in [0.25, 0.3) is 0 Å². The summed E-state index contributed by atoms with van der Waals surface area (Å²) >= 11 is 0. The smallest absolute Gasteiger partial charge is 0.213 e. The van der Waals surface area contributed by atoms with Crippen molar-refractivity contribution < 1.29 is 14.3 Å². The summed E-state index contributed by atoms with van der Waals surface area (Å²) in [4.78, 5) is 24.5. The van der Waals surface area contributed by atoms with Gasteiger partial charge < -0.3 is 4.74 Å². The van der Waals surface area contributed by atoms with Crippen molar-refractivity contribution in [3.63, 3.8) is 0 Å². The number of carbonyl (C=O) groups is 2. The van der Waals surface area contributed by atoms with E-state index in [2.05, 4.69) is 4.98 Å². The number of pyridine rings is 1. The molecule has 0 unspecified atom stereocenters. The van der Waals surface area contributed by atoms with Crippen molar-refractivity contribution in [2.45, 2.75) is 0 Å². The van der Waals surface area contributed by atoms with Crippen LogP contribution < -0.4 is 4.74 Å². The first-order valence-corrected chi connectivity index (χ1v) is 3.27. The molecule has 0 radical (unpaired) electrons. The summed E-state index contributed by atoms with van der Waals surface area (Å²) in [6.07, 6.45) is 1.10. The number of hydrogen-bond acceptors (Lipinski definition) is 4. The highest BCUT2D eigenvalue weighted by Crippen LogP contribution is 2.09. The van der Waals surface area contributed by atoms with Crippen LogP contribution in [-0.4, -0.2) is 24.7 Å². The van der Waals surface area contributed by atoms with Crippen molar-refractivity contribution in [3.05, 3.63) is 23.4 Å². The molecule has 4 heteroatoms. The van der Waals surface area contributed by atoms with Gasteiger partial charge in [0.2, 0.25) is 5.88 Å². The van der Waals surface area contributed by atoms with Gasteiger partial charge in [-0.3, -0.25) is 9.59 Å². The summed E-state index contributed by atoms with van der Waals surface area (Å²) in [6, 6.07) is 3.01. The van der Waals surface area contributed by atoms with Crippen molar-refractivity contribution in [3.8, 4) is 5.88 Å². The molecule has 1 aromatic heterocycles. The molecule has 0 atom stereocenters. The van der Waals surface area contributed by atoms with Gasteiger partial charge in [-0.25, -0.2) is 4.98 Å². The predicted octanol–water partition coefficient (Wildman–Crippen LogP) is 0.715. The van der Waals surface area contributed by atoms with Gasteiger partial charge in [0.05, 0.1) is 7.11 Å². The van der Waals surface area contributed by atoms with Crippen LogP contribution >= 0.6 is 0 Å². The zero-order chi connectivity index (χ0) is 8.97. The van der Waals surface area contributed by atoms with Gasteiger partial charge in [0.25, 0.3) is 0 Å². The summed E-state index contributed by atoms with van der Waals surface area (Å²) in [7, 11) is 1.44. The number of ether oxygens (including phenoxy) is 1. The summed E-state index contributed by atoms with van der Waals surface area (Å²) in [5.74, 6) is 0.322. The fourth-order valence-electron chi connectivity index (χ4n) is 0.775. The Labute approximate surface area is 69.2 Å². The number of hydrogen-bond donors (Lipinski definition) is 0. The number of aldehydes is 2. The van der Waals surface area contributed by atoms with Crippen LogP contribution in [-0.2, 0) is 0 Å². The van der Waals surface area contributed by atoms with E-state index in [0.29, 0.717) is 18.5 Å². The third-order valence-electron chi connectivity index (χ3n) is 1.38. The molecule has 4 nitrogen and oxygen atoms in total. The molecule has 0 aliphatic rings. The molecule has 12 heavy (non-hydrogen) atoms. The van der Waals surface area contributed by atoms with E-state index in [-0.39, 0.29) is 11.3 Å². The Morgan fingerprint density at radius 3 is 2.58 bits per heavy atom. The lowest BCUT2D eigenvalue weighted by molar-refractivity contribution is 0.109. The van der Waals surface area contributed by atoms with Crippen LogP contribution in [0.4, 0.5) is 0 Å². The van der Waals surface area contributed by atoms with Crippen molar-refractivity contribution in [1.82, 2.24) is 4.98 Å². The lowest BCUT2D eigenvalue weighted by atomic mass is 10.2. The standard InChI is InChI=1S/C8H7NO3/c1-12-8-3-2-6(4-10)7(5-11)9-8/h2-5H,1H3. The van der Waals surface area contributed by atoms with Crippen molar-refractivity contribution in [2.75, 3.05) is 7.11 Å². The zero-order valence-corrected chi connectivity index (χ0v) is 6.48. The maximum absolute atomic E-state index is 10.4. The second-order valence-electron chi connectivity index (χ2n) is 2.06. The second-order valence-corrected chi connectivity index (χ2v) is 2.06. The minimum atomic E-state index is 0.101. The van der Waals surface area contributed by atoms with E-state index in [1.165, 1.54) is 19.2 Å². The highest BCUT2D eigenvalue weighted by molar-refractivity contribution is 5.88. The van der Waals surface area contributed by atoms with Gasteiger partial charge in [0, 0.05) is 11.6 Å². The number of methoxy groups -OCH3 is 1. The Hall–Kier alpha value is -1.71. The highest BCUT2D eigenvalue weighted by atomic mass is 16.5. The maximum Gasteiger partial charge on any atom is 0.213 e. The van der Waals surface area contributed by atoms with Gasteiger partial charge in [-0.2, -0.15) is 0 Å². The summed E-state index contributed by atoms with van der Waals surface area (Å²) in [5, 5.41) is 0. The van der Waals surface area contributed by atoms with E-state index in [4.69, 9.17) is 4.74 Å². The summed E-state index contributed by atoms with van der Waals surface area (Å²) < 4.78 is 4.77. The monoisotopic (exact) mass is 165 g/mol. The molecule has 1 rings (SSSR count). The lowest BCUT2D eigenvalue weighted by Gasteiger charge is -1.99. The van der Waals surface area contributed by atoms with E-state index in [1.807, 2.05) is 0 Å². The maximum atomic E-state index is 10.4. The van der Waals surface area contributed by atoms with Crippen LogP contribution in [0.2, 0.25) is 0 Å². The van der Waals surface area contributed by atoms with Crippen molar-refractivity contribution >= 4 is 12.6 Å². The van der Waals surface area contributed by atoms with Gasteiger partial charge in [0.15, 0.2) is 12.6 Å². The minimum Gasteiger partial charge on any atom is -0.481 e. The van der Waals surface area contributed by atoms with E-state index in [9.17, 15) is 9.59 Å². The zero-order valence-electron chi connectivity index (χ0n) is 6.48. The normalized spacial score (nSPS) is 9.08. The average molecular weight is 165 g/mol. The molecule has 0 amide bonds. The fourth-order valence-corrected chi connectivity index (χ4v) is 0.775. The van der Waals surface area contributed by atoms with Crippen LogP contribution in [0.1, 0.15) is 20.8 Å². The first-order valence-electron chi connectivity index (χ1n) is 3.27. The summed E-state index contributed by atoms with van der Waals surface area (Å²) in [5.41, 5.74) is 0.371. The van der Waals surface area contributed by atoms with Crippen LogP contribution in [0.3, 0.4) is 0 Å². The van der Waals surface area contributed by atoms with Crippen molar-refractivity contribution in [1.29, 1.82) is 0 Å². The van der Waals surface area contributed by atoms with E-state index in [0.717, 1.165) is 0 Å². The van der Waals surface area contributed by atoms with Gasteiger partial charge >= 0.3 is 0 Å². The number of nitrogens with zero attached hydrogens (tertiary/aromatic N) is 1. The third kappa shape index (κ3) is 1.47. The Morgan fingerprint density at radius 2 is 2.08 bits per heavy atom. The first-order chi connectivity index (χ1) is 5.81. The molecular weight excluding hydrogens is 158 g/mol. The molecule has 1 heterocycles. The highest BCUT2D eigenvalue weighted by Gasteiger charge is 2.03. The molecule has 62 valence electrons. The average Bonchev–Trinajstić information content (AvgIpc) is 2.16. The molecule has 0 aliphatic carbocycles. The van der Waals surface area contributed by atoms with Gasteiger partial charge in [-0.05, 0) is 6.07 Å². The van der Waals surface area contributed by atoms with Gasteiger partial charge in [-0.1, -0.05) is 0 Å². The number of carbonyl (C=O) groups excluding carboxylic acids is 2. The lowest BCUT2D eigenvalue weighted by Crippen LogP contribution is -1.97. The van der Waals surface area contributed by atoms with Crippen LogP contribution in [0, 0.1) is 0 Å². The quantitative estimate of drug-likeness (QED) is 0.619. The molecule has 0 aromatic carbocycles. The molecule has 0 spiro atoms. The minimum absolute atomic E-state index is 0.101. The molecule has 0 fully saturated rings. The van der Waals surface area contributed by atoms with E-state index >= 15 is 0 Å². The molecule has 0 N–H and O–H groups in total. The molecule has 1 aromatic rings. The van der Waals surface area contributed by atoms with Gasteiger partial charge in [-0.15, -0.1) is 0 Å². The summed E-state index contributed by atoms with van der Waals surface area (Å²) in [6.45, 7) is 0. The second kappa shape index (κ2) is 3.61. The molecular formula is C8H7NO3. The third-order valence-corrected chi connectivity index (χ3v) is 1.38. The Kier molecular flexibility index (Phi) is 2.53. The van der Waals surface area contributed by atoms with E-state index in [1.54, 1.807) is 0 Å². The largest absolute Gasteiger partial charge is 0.481 e. The molecule has 0 saturated carbocycles. The Bertz CT molecular complexity index is 309. The van der Waals surface area contributed by atoms with Crippen molar-refractivity contribution in [2.24, 2.45) is 0 Å². The van der Waals surface area contributed by atoms with Crippen LogP contribution in [0.15, 0.2) is 12.1 Å². The number of rotatable bonds is 3. The topological polar surface area (TPSA) is 56.3 Å². The molecule has 0 aliphatic heterocycles. The Balaban J connectivity index is 3.18. The Morgan fingerprint density at radius 1 is 1.33 bits per heavy atom. The molecule has 0 bridgehead atoms. The molecule has 0 saturated heterocycles. The SMILES string of the molecule is COc1ccc(C=O)c(C=O)n1. The van der Waals surface area contributed by atoms with Gasteiger partial charge in [0.1, 0.15) is 5.69 Å².